The van der Waals surface area contributed by atoms with Crippen molar-refractivity contribution in [2.24, 2.45) is 0 Å². The predicted octanol–water partition coefficient (Wildman–Crippen LogP) is 17.3. The fourth-order valence-electron chi connectivity index (χ4n) is 9.30. The van der Waals surface area contributed by atoms with Crippen LogP contribution in [0.15, 0.2) is 243 Å². The minimum atomic E-state index is 1.10. The summed E-state index contributed by atoms with van der Waals surface area (Å²) in [7, 11) is 0. The molecule has 0 aliphatic carbocycles. The van der Waals surface area contributed by atoms with Crippen molar-refractivity contribution in [2.75, 3.05) is 4.90 Å². The normalized spacial score (nSPS) is 11.5. The first-order chi connectivity index (χ1) is 31.2. The van der Waals surface area contributed by atoms with Gasteiger partial charge in [-0.25, -0.2) is 0 Å². The molecule has 10 aromatic carbocycles. The second-order valence-corrected chi connectivity index (χ2v) is 17.2. The molecule has 0 spiro atoms. The van der Waals surface area contributed by atoms with Crippen molar-refractivity contribution < 1.29 is 0 Å². The molecule has 0 N–H and O–H groups in total. The van der Waals surface area contributed by atoms with E-state index in [-0.39, 0.29) is 0 Å². The van der Waals surface area contributed by atoms with E-state index in [1.165, 1.54) is 92.2 Å². The van der Waals surface area contributed by atoms with Gasteiger partial charge in [0.05, 0.1) is 11.0 Å². The molecule has 2 aromatic heterocycles. The molecule has 0 saturated heterocycles. The van der Waals surface area contributed by atoms with Crippen molar-refractivity contribution >= 4 is 70.4 Å². The van der Waals surface area contributed by atoms with Crippen molar-refractivity contribution in [3.8, 4) is 50.2 Å². The monoisotopic (exact) mass is 820 g/mol. The van der Waals surface area contributed by atoms with Gasteiger partial charge in [0.15, 0.2) is 0 Å². The molecular weight excluding hydrogens is 781 g/mol. The summed E-state index contributed by atoms with van der Waals surface area (Å²) < 4.78 is 4.97. The maximum Gasteiger partial charge on any atom is 0.0541 e. The molecule has 2 heterocycles. The van der Waals surface area contributed by atoms with Crippen LogP contribution < -0.4 is 4.90 Å². The summed E-state index contributed by atoms with van der Waals surface area (Å²) in [5.41, 5.74) is 16.5. The van der Waals surface area contributed by atoms with Gasteiger partial charge in [-0.15, -0.1) is 11.3 Å². The number of para-hydroxylation sites is 2. The van der Waals surface area contributed by atoms with Gasteiger partial charge in [-0.2, -0.15) is 0 Å². The van der Waals surface area contributed by atoms with Crippen molar-refractivity contribution in [1.82, 2.24) is 4.57 Å². The molecule has 0 saturated carbocycles. The van der Waals surface area contributed by atoms with E-state index in [0.717, 1.165) is 17.1 Å². The fourth-order valence-corrected chi connectivity index (χ4v) is 10.4. The first kappa shape index (κ1) is 36.8. The standard InChI is InChI=1S/C60H40N2S/c1-4-14-41(15-5-1)46-36-47(42-16-6-2-7-17-42)38-48(37-46)44-26-31-51(32-27-44)61(52-33-35-60-56(40-52)54-21-11-13-23-59(54)63-60)50-29-24-43(25-30-50)45-28-34-58-55(39-45)53-20-10-12-22-57(53)62(58)49-18-8-3-9-19-49/h1-40H. The molecule has 0 unspecified atom stereocenters. The maximum absolute atomic E-state index is 2.39. The number of nitrogens with zero attached hydrogens (tertiary/aromatic N) is 2. The highest BCUT2D eigenvalue weighted by molar-refractivity contribution is 7.25. The van der Waals surface area contributed by atoms with E-state index < -0.39 is 0 Å². The Bertz CT molecular complexity index is 3530. The first-order valence-electron chi connectivity index (χ1n) is 21.5. The molecule has 2 nitrogen and oxygen atoms in total. The Balaban J connectivity index is 0.954. The molecule has 0 aliphatic heterocycles. The minimum Gasteiger partial charge on any atom is -0.310 e. The lowest BCUT2D eigenvalue weighted by Crippen LogP contribution is -2.09. The number of hydrogen-bond acceptors (Lipinski definition) is 2. The smallest absolute Gasteiger partial charge is 0.0541 e. The third-order valence-corrected chi connectivity index (χ3v) is 13.5. The fraction of sp³-hybridized carbons (Fsp3) is 0. The summed E-state index contributed by atoms with van der Waals surface area (Å²) in [6.07, 6.45) is 0. The van der Waals surface area contributed by atoms with E-state index in [9.17, 15) is 0 Å². The molecule has 0 bridgehead atoms. The van der Waals surface area contributed by atoms with E-state index in [0.29, 0.717) is 0 Å². The lowest BCUT2D eigenvalue weighted by molar-refractivity contribution is 1.18. The molecular formula is C60H40N2S. The summed E-state index contributed by atoms with van der Waals surface area (Å²) in [6, 6.07) is 88.4. The summed E-state index contributed by atoms with van der Waals surface area (Å²) in [6.45, 7) is 0. The Morgan fingerprint density at radius 1 is 0.270 bits per heavy atom. The number of anilines is 3. The minimum absolute atomic E-state index is 1.10. The number of rotatable bonds is 8. The Kier molecular flexibility index (Phi) is 9.06. The Morgan fingerprint density at radius 2 is 0.730 bits per heavy atom. The maximum atomic E-state index is 2.39. The second-order valence-electron chi connectivity index (χ2n) is 16.2. The van der Waals surface area contributed by atoms with Gasteiger partial charge in [-0.3, -0.25) is 0 Å². The molecule has 12 rings (SSSR count). The van der Waals surface area contributed by atoms with Crippen LogP contribution in [0.1, 0.15) is 0 Å². The summed E-state index contributed by atoms with van der Waals surface area (Å²) >= 11 is 1.85. The Labute approximate surface area is 370 Å². The summed E-state index contributed by atoms with van der Waals surface area (Å²) in [4.78, 5) is 2.39. The van der Waals surface area contributed by atoms with Crippen LogP contribution in [0.2, 0.25) is 0 Å². The largest absolute Gasteiger partial charge is 0.310 e. The molecule has 0 atom stereocenters. The second kappa shape index (κ2) is 15.5. The van der Waals surface area contributed by atoms with E-state index in [1.54, 1.807) is 0 Å². The number of benzene rings is 10. The van der Waals surface area contributed by atoms with E-state index in [1.807, 2.05) is 11.3 Å². The van der Waals surface area contributed by atoms with Crippen molar-refractivity contribution in [1.29, 1.82) is 0 Å². The molecule has 0 amide bonds. The van der Waals surface area contributed by atoms with Gasteiger partial charge in [0.2, 0.25) is 0 Å². The van der Waals surface area contributed by atoms with E-state index >= 15 is 0 Å². The topological polar surface area (TPSA) is 8.17 Å². The van der Waals surface area contributed by atoms with Crippen LogP contribution in [0.5, 0.6) is 0 Å². The van der Waals surface area contributed by atoms with Crippen LogP contribution in [0.3, 0.4) is 0 Å². The summed E-state index contributed by atoms with van der Waals surface area (Å²) in [5, 5.41) is 5.07. The number of aromatic nitrogens is 1. The van der Waals surface area contributed by atoms with Gasteiger partial charge < -0.3 is 9.47 Å². The van der Waals surface area contributed by atoms with Gasteiger partial charge in [-0.05, 0) is 142 Å². The molecule has 0 radical (unpaired) electrons. The average molecular weight is 821 g/mol. The molecule has 296 valence electrons. The third kappa shape index (κ3) is 6.67. The average Bonchev–Trinajstić information content (AvgIpc) is 3.90. The van der Waals surface area contributed by atoms with Crippen LogP contribution in [-0.2, 0) is 0 Å². The molecule has 3 heteroatoms. The number of thiophene rings is 1. The molecule has 0 fully saturated rings. The SMILES string of the molecule is c1ccc(-c2cc(-c3ccccc3)cc(-c3ccc(N(c4ccc(-c5ccc6c(c5)c5ccccc5n6-c5ccccc5)cc4)c4ccc5sc6ccccc6c5c4)cc3)c2)cc1. The van der Waals surface area contributed by atoms with Crippen LogP contribution >= 0.6 is 11.3 Å². The zero-order chi connectivity index (χ0) is 41.7. The molecule has 0 aliphatic rings. The van der Waals surface area contributed by atoms with Crippen LogP contribution in [0.25, 0.3) is 92.2 Å². The highest BCUT2D eigenvalue weighted by Crippen LogP contribution is 2.43. The number of hydrogen-bond donors (Lipinski definition) is 0. The highest BCUT2D eigenvalue weighted by Gasteiger charge is 2.18. The van der Waals surface area contributed by atoms with Crippen molar-refractivity contribution in [3.63, 3.8) is 0 Å². The molecule has 63 heavy (non-hydrogen) atoms. The zero-order valence-electron chi connectivity index (χ0n) is 34.4. The van der Waals surface area contributed by atoms with Gasteiger partial charge in [0.25, 0.3) is 0 Å². The first-order valence-corrected chi connectivity index (χ1v) is 22.3. The van der Waals surface area contributed by atoms with Gasteiger partial charge in [0.1, 0.15) is 0 Å². The van der Waals surface area contributed by atoms with Crippen LogP contribution in [0, 0.1) is 0 Å². The van der Waals surface area contributed by atoms with Crippen molar-refractivity contribution in [2.45, 2.75) is 0 Å². The van der Waals surface area contributed by atoms with Crippen LogP contribution in [-0.4, -0.2) is 4.57 Å². The van der Waals surface area contributed by atoms with Crippen molar-refractivity contribution in [3.05, 3.63) is 243 Å². The quantitative estimate of drug-likeness (QED) is 0.148. The number of fused-ring (bicyclic) bond motifs is 6. The highest BCUT2D eigenvalue weighted by atomic mass is 32.1. The predicted molar refractivity (Wildman–Crippen MR) is 270 cm³/mol. The van der Waals surface area contributed by atoms with Gasteiger partial charge >= 0.3 is 0 Å². The lowest BCUT2D eigenvalue weighted by Gasteiger charge is -2.26. The van der Waals surface area contributed by atoms with E-state index in [4.69, 9.17) is 0 Å². The van der Waals surface area contributed by atoms with E-state index in [2.05, 4.69) is 252 Å². The van der Waals surface area contributed by atoms with Crippen LogP contribution in [0.4, 0.5) is 17.1 Å². The Morgan fingerprint density at radius 3 is 1.37 bits per heavy atom. The summed E-state index contributed by atoms with van der Waals surface area (Å²) in [5.74, 6) is 0. The third-order valence-electron chi connectivity index (χ3n) is 12.4. The zero-order valence-corrected chi connectivity index (χ0v) is 35.2. The van der Waals surface area contributed by atoms with Gasteiger partial charge in [0, 0.05) is 53.7 Å². The Hall–Kier alpha value is -7.98. The lowest BCUT2D eigenvalue weighted by atomic mass is 9.93. The van der Waals surface area contributed by atoms with Gasteiger partial charge in [-0.1, -0.05) is 146 Å². The molecule has 12 aromatic rings.